The Morgan fingerprint density at radius 1 is 1.00 bits per heavy atom. The van der Waals surface area contributed by atoms with Crippen molar-refractivity contribution in [3.8, 4) is 0 Å². The first-order valence-corrected chi connectivity index (χ1v) is 9.58. The minimum atomic E-state index is -0.323. The quantitative estimate of drug-likeness (QED) is 0.610. The number of hydrogen-bond donors (Lipinski definition) is 3. The zero-order valence-electron chi connectivity index (χ0n) is 17.1. The average Bonchev–Trinajstić information content (AvgIpc) is 2.65. The third-order valence-electron chi connectivity index (χ3n) is 4.22. The van der Waals surface area contributed by atoms with Crippen LogP contribution >= 0.6 is 0 Å². The van der Waals surface area contributed by atoms with E-state index in [0.717, 1.165) is 12.8 Å². The molecule has 3 N–H and O–H groups in total. The summed E-state index contributed by atoms with van der Waals surface area (Å²) in [6.45, 7) is 4.33. The molecule has 2 aromatic carbocycles. The predicted octanol–water partition coefficient (Wildman–Crippen LogP) is 3.65. The molecule has 0 spiro atoms. The fraction of sp³-hybridized carbons (Fsp3) is 0.364. The molecule has 0 bridgehead atoms. The fourth-order valence-corrected chi connectivity index (χ4v) is 2.76. The Kier molecular flexibility index (Phi) is 7.87. The topological polar surface area (TPSA) is 73.5 Å². The van der Waals surface area contributed by atoms with E-state index in [1.54, 1.807) is 24.3 Å². The van der Waals surface area contributed by atoms with E-state index in [1.165, 1.54) is 11.3 Å². The number of urea groups is 1. The monoisotopic (exact) mass is 382 g/mol. The Morgan fingerprint density at radius 2 is 1.68 bits per heavy atom. The number of carbonyl (C=O) groups is 2. The maximum Gasteiger partial charge on any atom is 0.319 e. The van der Waals surface area contributed by atoms with Crippen LogP contribution in [-0.2, 0) is 6.42 Å². The van der Waals surface area contributed by atoms with E-state index >= 15 is 0 Å². The summed E-state index contributed by atoms with van der Waals surface area (Å²) in [6.07, 6.45) is 1.74. The van der Waals surface area contributed by atoms with Crippen molar-refractivity contribution in [3.05, 3.63) is 59.7 Å². The van der Waals surface area contributed by atoms with Gasteiger partial charge in [0.2, 0.25) is 0 Å². The molecule has 0 aliphatic rings. The molecule has 0 aliphatic carbocycles. The van der Waals surface area contributed by atoms with Crippen LogP contribution in [-0.4, -0.2) is 38.6 Å². The molecular formula is C22H30N4O2. The van der Waals surface area contributed by atoms with Crippen molar-refractivity contribution in [3.63, 3.8) is 0 Å². The summed E-state index contributed by atoms with van der Waals surface area (Å²) in [5, 5.41) is 8.43. The van der Waals surface area contributed by atoms with Gasteiger partial charge in [-0.15, -0.1) is 0 Å². The molecule has 0 radical (unpaired) electrons. The SMILES string of the molecule is CC(C)NC(=O)Nc1ccccc1C(=O)NCCCc1ccc(N(C)C)cc1. The molecule has 0 aliphatic heterocycles. The zero-order chi connectivity index (χ0) is 20.5. The van der Waals surface area contributed by atoms with E-state index < -0.39 is 0 Å². The van der Waals surface area contributed by atoms with Gasteiger partial charge in [-0.05, 0) is 56.5 Å². The van der Waals surface area contributed by atoms with Gasteiger partial charge in [0, 0.05) is 32.4 Å². The molecule has 0 unspecified atom stereocenters. The predicted molar refractivity (Wildman–Crippen MR) is 115 cm³/mol. The third-order valence-corrected chi connectivity index (χ3v) is 4.22. The van der Waals surface area contributed by atoms with Crippen molar-refractivity contribution < 1.29 is 9.59 Å². The van der Waals surface area contributed by atoms with E-state index in [2.05, 4.69) is 45.1 Å². The van der Waals surface area contributed by atoms with Crippen molar-refractivity contribution in [1.82, 2.24) is 10.6 Å². The van der Waals surface area contributed by atoms with E-state index in [-0.39, 0.29) is 18.0 Å². The van der Waals surface area contributed by atoms with Gasteiger partial charge in [0.25, 0.3) is 5.91 Å². The number of nitrogens with one attached hydrogen (secondary N) is 3. The Hall–Kier alpha value is -3.02. The molecule has 2 aromatic rings. The van der Waals surface area contributed by atoms with Crippen LogP contribution in [0.5, 0.6) is 0 Å². The van der Waals surface area contributed by atoms with Gasteiger partial charge in [0.05, 0.1) is 11.3 Å². The number of aryl methyl sites for hydroxylation is 1. The van der Waals surface area contributed by atoms with Gasteiger partial charge in [0.15, 0.2) is 0 Å². The molecule has 0 atom stereocenters. The van der Waals surface area contributed by atoms with Crippen molar-refractivity contribution in [1.29, 1.82) is 0 Å². The van der Waals surface area contributed by atoms with E-state index in [1.807, 2.05) is 27.9 Å². The molecule has 0 heterocycles. The van der Waals surface area contributed by atoms with Crippen LogP contribution in [0.4, 0.5) is 16.2 Å². The lowest BCUT2D eigenvalue weighted by Gasteiger charge is -2.14. The number of para-hydroxylation sites is 1. The molecule has 0 fully saturated rings. The maximum absolute atomic E-state index is 12.5. The van der Waals surface area contributed by atoms with E-state index in [4.69, 9.17) is 0 Å². The van der Waals surface area contributed by atoms with E-state index in [0.29, 0.717) is 17.8 Å². The Balaban J connectivity index is 1.85. The molecular weight excluding hydrogens is 352 g/mol. The van der Waals surface area contributed by atoms with Gasteiger partial charge < -0.3 is 20.9 Å². The number of anilines is 2. The number of benzene rings is 2. The molecule has 0 saturated carbocycles. The second-order valence-corrected chi connectivity index (χ2v) is 7.22. The van der Waals surface area contributed by atoms with Crippen LogP contribution in [0.2, 0.25) is 0 Å². The summed E-state index contributed by atoms with van der Waals surface area (Å²) in [6, 6.07) is 15.1. The lowest BCUT2D eigenvalue weighted by atomic mass is 10.1. The second-order valence-electron chi connectivity index (χ2n) is 7.22. The van der Waals surface area contributed by atoms with E-state index in [9.17, 15) is 9.59 Å². The molecule has 6 heteroatoms. The molecule has 3 amide bonds. The smallest absolute Gasteiger partial charge is 0.319 e. The van der Waals surface area contributed by atoms with Crippen molar-refractivity contribution in [2.75, 3.05) is 30.9 Å². The van der Waals surface area contributed by atoms with Crippen LogP contribution in [0.3, 0.4) is 0 Å². The third kappa shape index (κ3) is 6.61. The first-order valence-electron chi connectivity index (χ1n) is 9.58. The zero-order valence-corrected chi connectivity index (χ0v) is 17.1. The largest absolute Gasteiger partial charge is 0.378 e. The minimum Gasteiger partial charge on any atom is -0.378 e. The van der Waals surface area contributed by atoms with Crippen LogP contribution in [0.25, 0.3) is 0 Å². The highest BCUT2D eigenvalue weighted by molar-refractivity contribution is 6.03. The van der Waals surface area contributed by atoms with Gasteiger partial charge in [-0.3, -0.25) is 4.79 Å². The van der Waals surface area contributed by atoms with Crippen molar-refractivity contribution in [2.24, 2.45) is 0 Å². The summed E-state index contributed by atoms with van der Waals surface area (Å²) >= 11 is 0. The van der Waals surface area contributed by atoms with Gasteiger partial charge in [-0.25, -0.2) is 4.79 Å². The normalized spacial score (nSPS) is 10.5. The lowest BCUT2D eigenvalue weighted by Crippen LogP contribution is -2.35. The lowest BCUT2D eigenvalue weighted by molar-refractivity contribution is 0.0954. The number of amides is 3. The maximum atomic E-state index is 12.5. The van der Waals surface area contributed by atoms with Crippen molar-refractivity contribution >= 4 is 23.3 Å². The molecule has 0 aromatic heterocycles. The second kappa shape index (κ2) is 10.3. The molecule has 2 rings (SSSR count). The number of hydrogen-bond acceptors (Lipinski definition) is 3. The van der Waals surface area contributed by atoms with Gasteiger partial charge >= 0.3 is 6.03 Å². The highest BCUT2D eigenvalue weighted by Crippen LogP contribution is 2.15. The molecule has 150 valence electrons. The van der Waals surface area contributed by atoms with Crippen LogP contribution in [0, 0.1) is 0 Å². The highest BCUT2D eigenvalue weighted by atomic mass is 16.2. The number of rotatable bonds is 8. The van der Waals surface area contributed by atoms with Crippen LogP contribution in [0.15, 0.2) is 48.5 Å². The Bertz CT molecular complexity index is 785. The Morgan fingerprint density at radius 3 is 2.32 bits per heavy atom. The summed E-state index contributed by atoms with van der Waals surface area (Å²) in [5.41, 5.74) is 3.36. The number of carbonyl (C=O) groups excluding carboxylic acids is 2. The summed E-state index contributed by atoms with van der Waals surface area (Å²) in [7, 11) is 4.04. The molecule has 6 nitrogen and oxygen atoms in total. The first-order chi connectivity index (χ1) is 13.4. The fourth-order valence-electron chi connectivity index (χ4n) is 2.76. The van der Waals surface area contributed by atoms with Gasteiger partial charge in [0.1, 0.15) is 0 Å². The summed E-state index contributed by atoms with van der Waals surface area (Å²) in [4.78, 5) is 26.5. The standard InChI is InChI=1S/C22H30N4O2/c1-16(2)24-22(28)25-20-10-6-5-9-19(20)21(27)23-15-7-8-17-11-13-18(14-12-17)26(3)4/h5-6,9-14,16H,7-8,15H2,1-4H3,(H,23,27)(H2,24,25,28). The van der Waals surface area contributed by atoms with Gasteiger partial charge in [-0.1, -0.05) is 24.3 Å². The van der Waals surface area contributed by atoms with Crippen molar-refractivity contribution in [2.45, 2.75) is 32.7 Å². The summed E-state index contributed by atoms with van der Waals surface area (Å²) in [5.74, 6) is -0.191. The Labute approximate surface area is 167 Å². The average molecular weight is 383 g/mol. The highest BCUT2D eigenvalue weighted by Gasteiger charge is 2.13. The van der Waals surface area contributed by atoms with Gasteiger partial charge in [-0.2, -0.15) is 0 Å². The number of nitrogens with zero attached hydrogens (tertiary/aromatic N) is 1. The molecule has 28 heavy (non-hydrogen) atoms. The first kappa shape index (κ1) is 21.3. The van der Waals surface area contributed by atoms with Crippen LogP contribution < -0.4 is 20.9 Å². The summed E-state index contributed by atoms with van der Waals surface area (Å²) < 4.78 is 0. The van der Waals surface area contributed by atoms with Crippen LogP contribution in [0.1, 0.15) is 36.2 Å². The molecule has 0 saturated heterocycles. The minimum absolute atomic E-state index is 0.0211.